The Hall–Kier alpha value is -1.51. The quantitative estimate of drug-likeness (QED) is 0.384. The van der Waals surface area contributed by atoms with Gasteiger partial charge in [-0.3, -0.25) is 4.79 Å². The van der Waals surface area contributed by atoms with Gasteiger partial charge in [0, 0.05) is 0 Å². The van der Waals surface area contributed by atoms with E-state index in [-0.39, 0.29) is 28.5 Å². The van der Waals surface area contributed by atoms with Gasteiger partial charge < -0.3 is 9.84 Å². The Balaban J connectivity index is 2.93. The van der Waals surface area contributed by atoms with Crippen LogP contribution in [0.2, 0.25) is 0 Å². The maximum atomic E-state index is 12.9. The van der Waals surface area contributed by atoms with E-state index in [2.05, 4.69) is 48.5 Å². The van der Waals surface area contributed by atoms with Crippen LogP contribution in [-0.4, -0.2) is 17.7 Å². The highest BCUT2D eigenvalue weighted by molar-refractivity contribution is 5.78. The van der Waals surface area contributed by atoms with E-state index in [4.69, 9.17) is 4.74 Å². The third kappa shape index (κ3) is 8.36. The summed E-state index contributed by atoms with van der Waals surface area (Å²) in [7, 11) is 0. The number of phenolic OH excluding ortho intramolecular Hbond substituents is 1. The number of esters is 1. The van der Waals surface area contributed by atoms with Crippen molar-refractivity contribution in [3.05, 3.63) is 29.3 Å². The number of ether oxygens (including phenoxy) is 1. The third-order valence-corrected chi connectivity index (χ3v) is 4.82. The second-order valence-electron chi connectivity index (χ2n) is 9.93. The topological polar surface area (TPSA) is 46.5 Å². The molecule has 27 heavy (non-hydrogen) atoms. The Labute approximate surface area is 166 Å². The molecule has 0 bridgehead atoms. The number of aromatic hydroxyl groups is 1. The van der Waals surface area contributed by atoms with Crippen LogP contribution in [0.5, 0.6) is 5.75 Å². The zero-order chi connectivity index (χ0) is 20.7. The molecule has 0 amide bonds. The summed E-state index contributed by atoms with van der Waals surface area (Å²) in [5.74, 6) is -0.168. The first-order valence-electron chi connectivity index (χ1n) is 10.5. The van der Waals surface area contributed by atoms with Gasteiger partial charge in [0.15, 0.2) is 0 Å². The van der Waals surface area contributed by atoms with Crippen molar-refractivity contribution in [2.75, 3.05) is 6.61 Å². The summed E-state index contributed by atoms with van der Waals surface area (Å²) in [6, 6.07) is 5.56. The van der Waals surface area contributed by atoms with Crippen molar-refractivity contribution in [1.82, 2.24) is 0 Å². The Morgan fingerprint density at radius 1 is 1.04 bits per heavy atom. The van der Waals surface area contributed by atoms with Crippen molar-refractivity contribution in [1.29, 1.82) is 0 Å². The van der Waals surface area contributed by atoms with Crippen molar-refractivity contribution in [2.45, 2.75) is 98.3 Å². The predicted octanol–water partition coefficient (Wildman–Crippen LogP) is 6.72. The van der Waals surface area contributed by atoms with Crippen LogP contribution in [0.3, 0.4) is 0 Å². The molecular formula is C24H40O3. The molecule has 3 heteroatoms. The van der Waals surface area contributed by atoms with Crippen LogP contribution in [0.4, 0.5) is 0 Å². The Morgan fingerprint density at radius 3 is 2.22 bits per heavy atom. The van der Waals surface area contributed by atoms with E-state index >= 15 is 0 Å². The zero-order valence-corrected chi connectivity index (χ0v) is 18.5. The fourth-order valence-electron chi connectivity index (χ4n) is 3.30. The molecule has 1 rings (SSSR count). The molecule has 154 valence electrons. The second kappa shape index (κ2) is 10.1. The molecule has 0 fully saturated rings. The summed E-state index contributed by atoms with van der Waals surface area (Å²) in [5, 5.41) is 10.3. The van der Waals surface area contributed by atoms with E-state index in [1.165, 1.54) is 19.3 Å². The van der Waals surface area contributed by atoms with Gasteiger partial charge in [-0.15, -0.1) is 0 Å². The molecule has 0 saturated heterocycles. The average molecular weight is 377 g/mol. The summed E-state index contributed by atoms with van der Waals surface area (Å²) < 4.78 is 5.64. The molecule has 1 atom stereocenters. The van der Waals surface area contributed by atoms with Crippen molar-refractivity contribution < 1.29 is 14.6 Å². The number of rotatable bonds is 9. The maximum Gasteiger partial charge on any atom is 0.313 e. The molecule has 1 unspecified atom stereocenters. The normalized spacial score (nSPS) is 13.4. The number of hydrogen-bond acceptors (Lipinski definition) is 3. The molecular weight excluding hydrogens is 336 g/mol. The van der Waals surface area contributed by atoms with Crippen LogP contribution in [0.15, 0.2) is 18.2 Å². The smallest absolute Gasteiger partial charge is 0.313 e. The van der Waals surface area contributed by atoms with E-state index in [1.807, 2.05) is 12.1 Å². The summed E-state index contributed by atoms with van der Waals surface area (Å²) >= 11 is 0. The van der Waals surface area contributed by atoms with Crippen LogP contribution in [-0.2, 0) is 14.9 Å². The number of unbranched alkanes of at least 4 members (excludes halogenated alkanes) is 4. The van der Waals surface area contributed by atoms with Gasteiger partial charge in [0.05, 0.1) is 12.5 Å². The Bertz CT molecular complexity index is 591. The first-order valence-corrected chi connectivity index (χ1v) is 10.5. The zero-order valence-electron chi connectivity index (χ0n) is 18.5. The molecule has 1 aromatic carbocycles. The first-order chi connectivity index (χ1) is 12.5. The lowest BCUT2D eigenvalue weighted by atomic mass is 9.79. The molecule has 0 aliphatic heterocycles. The van der Waals surface area contributed by atoms with Gasteiger partial charge >= 0.3 is 5.97 Å². The number of carbonyl (C=O) groups is 1. The van der Waals surface area contributed by atoms with Crippen molar-refractivity contribution >= 4 is 5.97 Å². The Kier molecular flexibility index (Phi) is 8.84. The van der Waals surface area contributed by atoms with E-state index in [1.54, 1.807) is 6.07 Å². The van der Waals surface area contributed by atoms with Crippen LogP contribution in [0.25, 0.3) is 0 Å². The number of phenols is 1. The molecule has 0 radical (unpaired) electrons. The molecule has 0 heterocycles. The minimum absolute atomic E-state index is 0.00456. The lowest BCUT2D eigenvalue weighted by molar-refractivity contribution is -0.146. The highest BCUT2D eigenvalue weighted by Crippen LogP contribution is 2.37. The lowest BCUT2D eigenvalue weighted by Gasteiger charge is -2.27. The van der Waals surface area contributed by atoms with Gasteiger partial charge in [0.2, 0.25) is 0 Å². The van der Waals surface area contributed by atoms with E-state index < -0.39 is 0 Å². The summed E-state index contributed by atoms with van der Waals surface area (Å²) in [5.41, 5.74) is 1.62. The molecule has 3 nitrogen and oxygen atoms in total. The minimum Gasteiger partial charge on any atom is -0.508 e. The molecule has 1 aromatic rings. The Morgan fingerprint density at radius 2 is 1.67 bits per heavy atom. The monoisotopic (exact) mass is 376 g/mol. The molecule has 0 spiro atoms. The van der Waals surface area contributed by atoms with Gasteiger partial charge in [-0.05, 0) is 40.9 Å². The predicted molar refractivity (Wildman–Crippen MR) is 113 cm³/mol. The average Bonchev–Trinajstić information content (AvgIpc) is 2.54. The SMILES string of the molecule is CCCCCCCOC(=O)C(CC(C)(C)C)c1ccc(O)c(C(C)(C)C)c1. The summed E-state index contributed by atoms with van der Waals surface area (Å²) in [6.07, 6.45) is 6.41. The summed E-state index contributed by atoms with van der Waals surface area (Å²) in [4.78, 5) is 12.9. The largest absolute Gasteiger partial charge is 0.508 e. The first kappa shape index (κ1) is 23.5. The van der Waals surface area contributed by atoms with Gasteiger partial charge in [-0.1, -0.05) is 86.3 Å². The summed E-state index contributed by atoms with van der Waals surface area (Å²) in [6.45, 7) is 15.3. The highest BCUT2D eigenvalue weighted by atomic mass is 16.5. The lowest BCUT2D eigenvalue weighted by Crippen LogP contribution is -2.23. The molecule has 1 N–H and O–H groups in total. The van der Waals surface area contributed by atoms with Crippen LogP contribution in [0, 0.1) is 5.41 Å². The van der Waals surface area contributed by atoms with Crippen LogP contribution in [0.1, 0.15) is 104 Å². The fraction of sp³-hybridized carbons (Fsp3) is 0.708. The van der Waals surface area contributed by atoms with Crippen molar-refractivity contribution in [3.8, 4) is 5.75 Å². The van der Waals surface area contributed by atoms with Crippen LogP contribution >= 0.6 is 0 Å². The van der Waals surface area contributed by atoms with Gasteiger partial charge in [0.25, 0.3) is 0 Å². The molecule has 0 saturated carbocycles. The van der Waals surface area contributed by atoms with Gasteiger partial charge in [-0.25, -0.2) is 0 Å². The van der Waals surface area contributed by atoms with Gasteiger partial charge in [-0.2, -0.15) is 0 Å². The highest BCUT2D eigenvalue weighted by Gasteiger charge is 2.29. The number of benzene rings is 1. The van der Waals surface area contributed by atoms with Crippen molar-refractivity contribution in [3.63, 3.8) is 0 Å². The van der Waals surface area contributed by atoms with E-state index in [9.17, 15) is 9.90 Å². The van der Waals surface area contributed by atoms with Crippen molar-refractivity contribution in [2.24, 2.45) is 5.41 Å². The van der Waals surface area contributed by atoms with E-state index in [0.29, 0.717) is 6.61 Å². The maximum absolute atomic E-state index is 12.9. The number of hydrogen-bond donors (Lipinski definition) is 1. The molecule has 0 aromatic heterocycles. The van der Waals surface area contributed by atoms with Crippen LogP contribution < -0.4 is 0 Å². The molecule has 0 aliphatic rings. The third-order valence-electron chi connectivity index (χ3n) is 4.82. The number of carbonyl (C=O) groups excluding carboxylic acids is 1. The van der Waals surface area contributed by atoms with Gasteiger partial charge in [0.1, 0.15) is 5.75 Å². The van der Waals surface area contributed by atoms with E-state index in [0.717, 1.165) is 30.4 Å². The second-order valence-corrected chi connectivity index (χ2v) is 9.93. The minimum atomic E-state index is -0.303. The standard InChI is InChI=1S/C24H40O3/c1-8-9-10-11-12-15-27-22(26)19(17-23(2,3)4)18-13-14-21(25)20(16-18)24(5,6)7/h13-14,16,19,25H,8-12,15,17H2,1-7H3. The molecule has 0 aliphatic carbocycles. The fourth-order valence-corrected chi connectivity index (χ4v) is 3.30.